The van der Waals surface area contributed by atoms with Crippen molar-refractivity contribution in [2.45, 2.75) is 40.7 Å². The van der Waals surface area contributed by atoms with Gasteiger partial charge >= 0.3 is 0 Å². The lowest BCUT2D eigenvalue weighted by molar-refractivity contribution is 0.0938. The molecule has 30 heteroatoms. The fourth-order valence-electron chi connectivity index (χ4n) is 8.30. The van der Waals surface area contributed by atoms with Crippen molar-refractivity contribution < 1.29 is 28.8 Å². The lowest BCUT2D eigenvalue weighted by Gasteiger charge is -2.16. The molecular weight excluding hydrogens is 1310 g/mol. The van der Waals surface area contributed by atoms with Gasteiger partial charge in [-0.15, -0.1) is 0 Å². The molecule has 0 saturated carbocycles. The van der Waals surface area contributed by atoms with E-state index >= 15 is 0 Å². The largest absolute Gasteiger partial charge is 0.355 e. The van der Waals surface area contributed by atoms with Crippen molar-refractivity contribution in [1.82, 2.24) is 60.2 Å². The predicted molar refractivity (Wildman–Crippen MR) is 342 cm³/mol. The Kier molecular flexibility index (Phi) is 22.1. The van der Waals surface area contributed by atoms with E-state index < -0.39 is 35.4 Å². The molecule has 24 nitrogen and oxygen atoms in total. The number of hydrogen-bond donors (Lipinski definition) is 6. The number of nitrogens with one attached hydrogen (secondary N) is 6. The van der Waals surface area contributed by atoms with E-state index in [0.717, 1.165) is 0 Å². The number of halogens is 6. The third-order valence-corrected chi connectivity index (χ3v) is 13.9. The average Bonchev–Trinajstić information content (AvgIpc) is 2.04. The summed E-state index contributed by atoms with van der Waals surface area (Å²) >= 11 is 33.9. The molecule has 9 rings (SSSR count). The Morgan fingerprint density at radius 1 is 0.472 bits per heavy atom. The number of aromatic nitrogens is 9. The van der Waals surface area contributed by atoms with Gasteiger partial charge in [0.1, 0.15) is 21.7 Å². The van der Waals surface area contributed by atoms with E-state index in [2.05, 4.69) is 92.6 Å². The summed E-state index contributed by atoms with van der Waals surface area (Å²) < 4.78 is 4.18. The molecule has 6 heterocycles. The van der Waals surface area contributed by atoms with Gasteiger partial charge in [-0.05, 0) is 122 Å². The van der Waals surface area contributed by atoms with E-state index in [1.807, 2.05) is 13.8 Å². The second-order valence-electron chi connectivity index (χ2n) is 18.8. The van der Waals surface area contributed by atoms with Crippen molar-refractivity contribution in [3.63, 3.8) is 0 Å². The minimum Gasteiger partial charge on any atom is -0.355 e. The van der Waals surface area contributed by atoms with Crippen molar-refractivity contribution in [2.75, 3.05) is 30.0 Å². The predicted octanol–water partition coefficient (Wildman–Crippen LogP) is 13.0. The number of anilines is 3. The number of benzene rings is 3. The molecule has 0 spiro atoms. The highest BCUT2D eigenvalue weighted by Gasteiger charge is 2.26. The van der Waals surface area contributed by atoms with Crippen LogP contribution in [0.4, 0.5) is 34.1 Å². The number of amides is 6. The molecule has 0 unspecified atom stereocenters. The first kappa shape index (κ1) is 66.5. The zero-order chi connectivity index (χ0) is 65.0. The quantitative estimate of drug-likeness (QED) is 0.0588. The summed E-state index contributed by atoms with van der Waals surface area (Å²) in [6, 6.07) is 23.0. The van der Waals surface area contributed by atoms with E-state index in [0.29, 0.717) is 37.7 Å². The second kappa shape index (κ2) is 29.6. The Bertz CT molecular complexity index is 4250. The fourth-order valence-corrected chi connectivity index (χ4v) is 9.64. The first-order chi connectivity index (χ1) is 42.4. The first-order valence-electron chi connectivity index (χ1n) is 25.8. The number of hydrogen-bond acceptors (Lipinski definition) is 12. The van der Waals surface area contributed by atoms with Crippen LogP contribution in [0.15, 0.2) is 114 Å². The SMILES string of the molecule is [C-]#[N+]c1cc(C)c(NC(=O)c2cc(Br)nn2-c2ncccc2Cl)c(C(=O)NC)c1.[C-]#[N+]c1cc(C)c(NC(=O)c2cc(Cl)nn2-c2ncccc2Cl)c(C(=O)NC(C)C)c1.[C-]#[N+]c1cc(C)c(NC(=O)c2cc(Cl)nn2-c2ncccc2Cl)c(C(=O)NC)c1. The van der Waals surface area contributed by atoms with Crippen LogP contribution >= 0.6 is 73.9 Å². The monoisotopic (exact) mass is 1360 g/mol. The number of pyridine rings is 3. The molecule has 0 saturated heterocycles. The molecule has 0 aliphatic carbocycles. The molecule has 0 fully saturated rings. The van der Waals surface area contributed by atoms with Crippen LogP contribution in [0.2, 0.25) is 25.4 Å². The first-order valence-corrected chi connectivity index (χ1v) is 28.4. The molecule has 6 aromatic heterocycles. The molecule has 0 atom stereocenters. The molecule has 0 aliphatic heterocycles. The van der Waals surface area contributed by atoms with Crippen molar-refractivity contribution in [2.24, 2.45) is 0 Å². The topological polar surface area (TPSA) is 280 Å². The van der Waals surface area contributed by atoms with Crippen LogP contribution in [0.25, 0.3) is 32.0 Å². The van der Waals surface area contributed by atoms with E-state index in [-0.39, 0.29) is 100 Å². The molecular formula is C59H46BrCl5N18O6. The van der Waals surface area contributed by atoms with Crippen molar-refractivity contribution in [3.05, 3.63) is 224 Å². The number of carbonyl (C=O) groups is 6. The number of rotatable bonds is 13. The standard InChI is InChI=1S/C21H18Cl2N6O2.C19H14BrClN6O2.C19H14Cl2N6O2/c1-11(2)26-20(30)14-9-13(24-4)8-12(3)18(14)27-21(31)16-10-17(23)28-29(16)19-15(22)6-5-7-25-19;1-10-7-11(22-2)8-12(18(28)23-3)16(10)25-19(29)14-9-15(20)26-27(14)17-13(21)5-4-6-24-17;1-10-7-11(22-2)8-12(18(28)23-3)16(10)25-19(29)14-9-15(21)26-27(14)17-13(20)5-4-6-24-17/h5-11H,1-3H3,(H,26,30)(H,27,31);2*4-9H,1,3H3,(H,23,28)(H,25,29). The number of nitrogens with zero attached hydrogens (tertiary/aromatic N) is 12. The Hall–Kier alpha value is -10.0. The van der Waals surface area contributed by atoms with Gasteiger partial charge in [-0.3, -0.25) is 28.8 Å². The third-order valence-electron chi connectivity index (χ3n) is 12.2. The van der Waals surface area contributed by atoms with Crippen molar-refractivity contribution in [1.29, 1.82) is 0 Å². The van der Waals surface area contributed by atoms with Crippen LogP contribution in [0.1, 0.15) is 93.1 Å². The highest BCUT2D eigenvalue weighted by Crippen LogP contribution is 2.33. The van der Waals surface area contributed by atoms with Gasteiger partial charge in [0.2, 0.25) is 0 Å². The maximum Gasteiger partial charge on any atom is 0.274 e. The summed E-state index contributed by atoms with van der Waals surface area (Å²) in [5, 5.41) is 29.5. The molecule has 0 aliphatic rings. The van der Waals surface area contributed by atoms with Crippen molar-refractivity contribution >= 4 is 144 Å². The van der Waals surface area contributed by atoms with Crippen LogP contribution in [0.3, 0.4) is 0 Å². The summed E-state index contributed by atoms with van der Waals surface area (Å²) in [5.74, 6) is -2.17. The van der Waals surface area contributed by atoms with E-state index in [4.69, 9.17) is 77.7 Å². The highest BCUT2D eigenvalue weighted by molar-refractivity contribution is 9.10. The lowest BCUT2D eigenvalue weighted by atomic mass is 10.0. The van der Waals surface area contributed by atoms with Gasteiger partial charge in [0, 0.05) is 56.9 Å². The summed E-state index contributed by atoms with van der Waals surface area (Å²) in [7, 11) is 2.94. The number of aryl methyl sites for hydroxylation is 3. The van der Waals surface area contributed by atoms with E-state index in [9.17, 15) is 28.8 Å². The fraction of sp³-hybridized carbons (Fsp3) is 0.136. The minimum absolute atomic E-state index is 0.0727. The average molecular weight is 1360 g/mol. The summed E-state index contributed by atoms with van der Waals surface area (Å²) in [4.78, 5) is 99.1. The molecule has 450 valence electrons. The summed E-state index contributed by atoms with van der Waals surface area (Å²) in [5.41, 5.74) is 4.28. The van der Waals surface area contributed by atoms with Crippen LogP contribution in [-0.2, 0) is 0 Å². The lowest BCUT2D eigenvalue weighted by Crippen LogP contribution is -2.31. The van der Waals surface area contributed by atoms with Crippen LogP contribution in [0, 0.1) is 40.5 Å². The van der Waals surface area contributed by atoms with Gasteiger partial charge in [-0.2, -0.15) is 15.3 Å². The summed E-state index contributed by atoms with van der Waals surface area (Å²) in [6.07, 6.45) is 4.56. The molecule has 89 heavy (non-hydrogen) atoms. The maximum absolute atomic E-state index is 13.1. The van der Waals surface area contributed by atoms with Gasteiger partial charge in [-0.1, -0.05) is 76.2 Å². The maximum atomic E-state index is 13.1. The molecule has 0 radical (unpaired) electrons. The molecule has 6 amide bonds. The van der Waals surface area contributed by atoms with E-state index in [1.54, 1.807) is 75.4 Å². The van der Waals surface area contributed by atoms with Crippen LogP contribution in [0.5, 0.6) is 0 Å². The Morgan fingerprint density at radius 2 is 0.787 bits per heavy atom. The highest BCUT2D eigenvalue weighted by atomic mass is 79.9. The molecule has 0 bridgehead atoms. The van der Waals surface area contributed by atoms with Crippen LogP contribution < -0.4 is 31.9 Å². The van der Waals surface area contributed by atoms with Crippen LogP contribution in [-0.4, -0.2) is 99.9 Å². The smallest absolute Gasteiger partial charge is 0.274 e. The Labute approximate surface area is 541 Å². The minimum atomic E-state index is -0.574. The van der Waals surface area contributed by atoms with Gasteiger partial charge in [0.25, 0.3) is 35.4 Å². The van der Waals surface area contributed by atoms with E-state index in [1.165, 1.54) is 83.1 Å². The zero-order valence-electron chi connectivity index (χ0n) is 47.6. The molecule has 3 aromatic carbocycles. The van der Waals surface area contributed by atoms with Crippen molar-refractivity contribution in [3.8, 4) is 17.5 Å². The second-order valence-corrected chi connectivity index (χ2v) is 21.6. The molecule has 6 N–H and O–H groups in total. The van der Waals surface area contributed by atoms with Gasteiger partial charge in [0.05, 0.1) is 68.5 Å². The zero-order valence-corrected chi connectivity index (χ0v) is 52.9. The van der Waals surface area contributed by atoms with Gasteiger partial charge in [-0.25, -0.2) is 43.5 Å². The van der Waals surface area contributed by atoms with Gasteiger partial charge < -0.3 is 31.9 Å². The normalized spacial score (nSPS) is 10.4. The Morgan fingerprint density at radius 3 is 1.09 bits per heavy atom. The Balaban J connectivity index is 0.000000190. The number of carbonyl (C=O) groups excluding carboxylic acids is 6. The third kappa shape index (κ3) is 15.8. The van der Waals surface area contributed by atoms with Gasteiger partial charge in [0.15, 0.2) is 44.8 Å². The summed E-state index contributed by atoms with van der Waals surface area (Å²) in [6.45, 7) is 30.4. The molecule has 9 aromatic rings.